The number of hydrogen-bond acceptors (Lipinski definition) is 0. The quantitative estimate of drug-likeness (QED) is 0.477. The summed E-state index contributed by atoms with van der Waals surface area (Å²) in [5.41, 5.74) is 0. The van der Waals surface area contributed by atoms with Gasteiger partial charge in [-0.3, -0.25) is 0 Å². The van der Waals surface area contributed by atoms with Crippen LogP contribution in [0, 0.1) is 11.8 Å². The average Bonchev–Trinajstić information content (AvgIpc) is 2.23. The molecule has 0 fully saturated rings. The molecule has 0 radical (unpaired) electrons. The van der Waals surface area contributed by atoms with Crippen molar-refractivity contribution in [1.82, 2.24) is 0 Å². The van der Waals surface area contributed by atoms with Crippen molar-refractivity contribution in [3.8, 4) is 0 Å². The fourth-order valence-electron chi connectivity index (χ4n) is 2.64. The predicted octanol–water partition coefficient (Wildman–Crippen LogP) is 5.57. The highest BCUT2D eigenvalue weighted by Crippen LogP contribution is 2.31. The highest BCUT2D eigenvalue weighted by atomic mass is 28.3. The van der Waals surface area contributed by atoms with E-state index in [2.05, 4.69) is 41.5 Å². The fraction of sp³-hybridized carbons (Fsp3) is 1.00. The van der Waals surface area contributed by atoms with Crippen LogP contribution in [0.2, 0.25) is 24.2 Å². The van der Waals surface area contributed by atoms with Crippen molar-refractivity contribution in [1.29, 1.82) is 0 Å². The summed E-state index contributed by atoms with van der Waals surface area (Å²) < 4.78 is 0. The highest BCUT2D eigenvalue weighted by Gasteiger charge is 2.28. The Morgan fingerprint density at radius 1 is 0.800 bits per heavy atom. The van der Waals surface area contributed by atoms with Crippen molar-refractivity contribution >= 4 is 8.07 Å². The Balaban J connectivity index is 4.05. The summed E-state index contributed by atoms with van der Waals surface area (Å²) in [4.78, 5) is 0. The van der Waals surface area contributed by atoms with Crippen LogP contribution in [0.4, 0.5) is 0 Å². The van der Waals surface area contributed by atoms with Crippen LogP contribution in [-0.2, 0) is 0 Å². The molecule has 0 aliphatic rings. The Labute approximate surface area is 98.9 Å². The molecule has 0 saturated carbocycles. The number of rotatable bonds is 8. The normalized spacial score (nSPS) is 14.6. The van der Waals surface area contributed by atoms with E-state index >= 15 is 0 Å². The van der Waals surface area contributed by atoms with Crippen molar-refractivity contribution in [3.05, 3.63) is 0 Å². The van der Waals surface area contributed by atoms with Gasteiger partial charge in [-0.2, -0.15) is 0 Å². The van der Waals surface area contributed by atoms with Crippen molar-refractivity contribution in [2.75, 3.05) is 0 Å². The molecular weight excluding hydrogens is 196 g/mol. The molecule has 0 nitrogen and oxygen atoms in total. The molecule has 0 N–H and O–H groups in total. The van der Waals surface area contributed by atoms with E-state index in [-0.39, 0.29) is 0 Å². The van der Waals surface area contributed by atoms with Gasteiger partial charge in [-0.05, 0) is 11.8 Å². The molecule has 15 heavy (non-hydrogen) atoms. The summed E-state index contributed by atoms with van der Waals surface area (Å²) in [6, 6.07) is 6.05. The first kappa shape index (κ1) is 15.2. The van der Waals surface area contributed by atoms with Gasteiger partial charge in [-0.15, -0.1) is 0 Å². The van der Waals surface area contributed by atoms with Gasteiger partial charge >= 0.3 is 0 Å². The average molecular weight is 228 g/mol. The van der Waals surface area contributed by atoms with Crippen LogP contribution in [0.5, 0.6) is 0 Å². The van der Waals surface area contributed by atoms with E-state index in [1.165, 1.54) is 31.0 Å². The maximum absolute atomic E-state index is 2.48. The van der Waals surface area contributed by atoms with Crippen LogP contribution in [0.25, 0.3) is 0 Å². The Hall–Kier alpha value is 0.217. The SMILES string of the molecule is CC[Si](CC)(CC)CC(C)CCC(C)C. The van der Waals surface area contributed by atoms with Gasteiger partial charge in [0.15, 0.2) is 0 Å². The largest absolute Gasteiger partial charge is 0.0678 e. The zero-order valence-electron chi connectivity index (χ0n) is 11.9. The van der Waals surface area contributed by atoms with Gasteiger partial charge in [0.05, 0.1) is 8.07 Å². The van der Waals surface area contributed by atoms with E-state index < -0.39 is 8.07 Å². The molecule has 0 rings (SSSR count). The minimum Gasteiger partial charge on any atom is -0.0678 e. The first-order valence-electron chi connectivity index (χ1n) is 6.99. The summed E-state index contributed by atoms with van der Waals surface area (Å²) in [5.74, 6) is 1.85. The van der Waals surface area contributed by atoms with E-state index in [9.17, 15) is 0 Å². The third-order valence-corrected chi connectivity index (χ3v) is 10.3. The molecule has 0 aromatic heterocycles. The van der Waals surface area contributed by atoms with Gasteiger partial charge in [0.25, 0.3) is 0 Å². The molecule has 0 spiro atoms. The van der Waals surface area contributed by atoms with Gasteiger partial charge in [-0.25, -0.2) is 0 Å². The van der Waals surface area contributed by atoms with Gasteiger partial charge in [0, 0.05) is 0 Å². The van der Waals surface area contributed by atoms with Crippen LogP contribution in [0.1, 0.15) is 54.4 Å². The van der Waals surface area contributed by atoms with Crippen molar-refractivity contribution < 1.29 is 0 Å². The predicted molar refractivity (Wildman–Crippen MR) is 75.2 cm³/mol. The standard InChI is InChI=1S/C14H32Si/c1-7-15(8-2,9-3)12-14(6)11-10-13(4)5/h13-14H,7-12H2,1-6H3. The maximum atomic E-state index is 2.48. The van der Waals surface area contributed by atoms with Gasteiger partial charge in [-0.1, -0.05) is 78.6 Å². The molecule has 0 aliphatic heterocycles. The first-order valence-corrected chi connectivity index (χ1v) is 9.82. The second-order valence-corrected chi connectivity index (χ2v) is 11.4. The smallest absolute Gasteiger partial charge is 0.0530 e. The molecule has 92 valence electrons. The topological polar surface area (TPSA) is 0 Å². The van der Waals surface area contributed by atoms with Crippen LogP contribution < -0.4 is 0 Å². The molecule has 0 aromatic carbocycles. The minimum atomic E-state index is -0.852. The lowest BCUT2D eigenvalue weighted by Gasteiger charge is -2.31. The zero-order valence-corrected chi connectivity index (χ0v) is 12.9. The van der Waals surface area contributed by atoms with E-state index in [1.54, 1.807) is 6.04 Å². The molecule has 0 amide bonds. The van der Waals surface area contributed by atoms with Crippen LogP contribution in [0.3, 0.4) is 0 Å². The van der Waals surface area contributed by atoms with Crippen molar-refractivity contribution in [2.24, 2.45) is 11.8 Å². The maximum Gasteiger partial charge on any atom is 0.0530 e. The molecule has 0 heterocycles. The molecule has 0 saturated heterocycles. The summed E-state index contributed by atoms with van der Waals surface area (Å²) in [5, 5.41) is 0. The van der Waals surface area contributed by atoms with Gasteiger partial charge in [0.1, 0.15) is 0 Å². The van der Waals surface area contributed by atoms with Crippen LogP contribution in [0.15, 0.2) is 0 Å². The first-order chi connectivity index (χ1) is 6.99. The van der Waals surface area contributed by atoms with E-state index in [0.29, 0.717) is 0 Å². The van der Waals surface area contributed by atoms with E-state index in [0.717, 1.165) is 11.8 Å². The molecule has 0 bridgehead atoms. The molecule has 0 aliphatic carbocycles. The molecule has 0 aromatic rings. The monoisotopic (exact) mass is 228 g/mol. The third-order valence-electron chi connectivity index (χ3n) is 4.27. The zero-order chi connectivity index (χ0) is 11.9. The van der Waals surface area contributed by atoms with Crippen molar-refractivity contribution in [3.63, 3.8) is 0 Å². The minimum absolute atomic E-state index is 0.852. The Kier molecular flexibility index (Phi) is 7.59. The van der Waals surface area contributed by atoms with E-state index in [4.69, 9.17) is 0 Å². The molecule has 1 unspecified atom stereocenters. The second-order valence-electron chi connectivity index (χ2n) is 5.84. The highest BCUT2D eigenvalue weighted by molar-refractivity contribution is 6.79. The summed E-state index contributed by atoms with van der Waals surface area (Å²) in [6.45, 7) is 14.4. The lowest BCUT2D eigenvalue weighted by Crippen LogP contribution is -2.33. The van der Waals surface area contributed by atoms with Gasteiger partial charge < -0.3 is 0 Å². The van der Waals surface area contributed by atoms with E-state index in [1.807, 2.05) is 0 Å². The lowest BCUT2D eigenvalue weighted by atomic mass is 10.0. The summed E-state index contributed by atoms with van der Waals surface area (Å²) >= 11 is 0. The van der Waals surface area contributed by atoms with Gasteiger partial charge in [0.2, 0.25) is 0 Å². The Morgan fingerprint density at radius 3 is 1.60 bits per heavy atom. The second kappa shape index (κ2) is 7.48. The molecule has 1 heteroatoms. The summed E-state index contributed by atoms with van der Waals surface area (Å²) in [7, 11) is -0.852. The summed E-state index contributed by atoms with van der Waals surface area (Å²) in [6.07, 6.45) is 2.87. The van der Waals surface area contributed by atoms with Crippen molar-refractivity contribution in [2.45, 2.75) is 78.6 Å². The molecule has 1 atom stereocenters. The number of hydrogen-bond donors (Lipinski definition) is 0. The Morgan fingerprint density at radius 2 is 1.27 bits per heavy atom. The lowest BCUT2D eigenvalue weighted by molar-refractivity contribution is 0.471. The van der Waals surface area contributed by atoms with Crippen LogP contribution >= 0.6 is 0 Å². The third kappa shape index (κ3) is 5.75. The van der Waals surface area contributed by atoms with Crippen LogP contribution in [-0.4, -0.2) is 8.07 Å². The Bertz CT molecular complexity index is 139. The fourth-order valence-corrected chi connectivity index (χ4v) is 6.69. The molecular formula is C14H32Si.